The lowest BCUT2D eigenvalue weighted by Gasteiger charge is -2.11. The lowest BCUT2D eigenvalue weighted by atomic mass is 9.97. The van der Waals surface area contributed by atoms with Gasteiger partial charge in [-0.3, -0.25) is 0 Å². The molecule has 1 aliphatic carbocycles. The Balaban J connectivity index is 2.23. The molecule has 0 aromatic heterocycles. The molecule has 0 heterocycles. The molecule has 1 fully saturated rings. The van der Waals surface area contributed by atoms with Gasteiger partial charge in [0, 0.05) is 10.3 Å². The van der Waals surface area contributed by atoms with Crippen molar-refractivity contribution in [3.8, 4) is 0 Å². The highest BCUT2D eigenvalue weighted by molar-refractivity contribution is 7.98. The summed E-state index contributed by atoms with van der Waals surface area (Å²) in [4.78, 5) is 1.29. The van der Waals surface area contributed by atoms with Gasteiger partial charge in [0.1, 0.15) is 0 Å². The number of aliphatic hydroxyl groups excluding tert-OH is 1. The zero-order valence-electron chi connectivity index (χ0n) is 7.79. The largest absolute Gasteiger partial charge is 0.395 e. The van der Waals surface area contributed by atoms with Gasteiger partial charge in [-0.1, -0.05) is 12.1 Å². The first-order valence-corrected chi connectivity index (χ1v) is 5.79. The summed E-state index contributed by atoms with van der Waals surface area (Å²) < 4.78 is 0. The highest BCUT2D eigenvalue weighted by atomic mass is 32.2. The van der Waals surface area contributed by atoms with Gasteiger partial charge in [-0.2, -0.15) is 0 Å². The summed E-state index contributed by atoms with van der Waals surface area (Å²) in [6.07, 6.45) is 4.36. The molecule has 2 rings (SSSR count). The molecule has 1 nitrogen and oxygen atoms in total. The predicted octanol–water partition coefficient (Wildman–Crippen LogP) is 2.43. The normalized spacial score (nSPS) is 18.6. The van der Waals surface area contributed by atoms with E-state index in [1.54, 1.807) is 11.8 Å². The van der Waals surface area contributed by atoms with E-state index in [0.717, 1.165) is 12.8 Å². The quantitative estimate of drug-likeness (QED) is 0.746. The summed E-state index contributed by atoms with van der Waals surface area (Å²) >= 11 is 1.75. The smallest absolute Gasteiger partial charge is 0.0527 e. The van der Waals surface area contributed by atoms with Gasteiger partial charge in [0.25, 0.3) is 0 Å². The van der Waals surface area contributed by atoms with E-state index in [2.05, 4.69) is 30.5 Å². The van der Waals surface area contributed by atoms with E-state index >= 15 is 0 Å². The maximum Gasteiger partial charge on any atom is 0.0527 e. The van der Waals surface area contributed by atoms with Gasteiger partial charge < -0.3 is 5.11 Å². The summed E-state index contributed by atoms with van der Waals surface area (Å²) in [6, 6.07) is 8.57. The van der Waals surface area contributed by atoms with Crippen molar-refractivity contribution in [2.24, 2.45) is 0 Å². The van der Waals surface area contributed by atoms with Crippen molar-refractivity contribution in [3.05, 3.63) is 29.8 Å². The van der Waals surface area contributed by atoms with Gasteiger partial charge in [0.05, 0.1) is 6.61 Å². The van der Waals surface area contributed by atoms with Crippen molar-refractivity contribution in [1.82, 2.24) is 0 Å². The molecule has 70 valence electrons. The minimum absolute atomic E-state index is 0.122. The molecular formula is C11H14OS. The van der Waals surface area contributed by atoms with Crippen LogP contribution in [0, 0.1) is 0 Å². The minimum Gasteiger partial charge on any atom is -0.395 e. The molecule has 13 heavy (non-hydrogen) atoms. The number of aliphatic hydroxyl groups is 1. The van der Waals surface area contributed by atoms with Gasteiger partial charge in [0.15, 0.2) is 0 Å². The van der Waals surface area contributed by atoms with Crippen molar-refractivity contribution in [2.75, 3.05) is 12.9 Å². The lowest BCUT2D eigenvalue weighted by Crippen LogP contribution is -2.11. The van der Waals surface area contributed by atoms with Gasteiger partial charge in [-0.25, -0.2) is 0 Å². The van der Waals surface area contributed by atoms with E-state index in [1.165, 1.54) is 10.5 Å². The van der Waals surface area contributed by atoms with Crippen molar-refractivity contribution in [1.29, 1.82) is 0 Å². The zero-order valence-corrected chi connectivity index (χ0v) is 8.60. The lowest BCUT2D eigenvalue weighted by molar-refractivity contribution is 0.255. The Hall–Kier alpha value is -0.470. The standard InChI is InChI=1S/C11H14OS/c1-13-10-4-2-9(3-5-10)11(8-12)6-7-11/h2-5,12H,6-8H2,1H3. The van der Waals surface area contributed by atoms with E-state index in [9.17, 15) is 5.11 Å². The van der Waals surface area contributed by atoms with Crippen LogP contribution in [0.4, 0.5) is 0 Å². The monoisotopic (exact) mass is 194 g/mol. The fraction of sp³-hybridized carbons (Fsp3) is 0.455. The molecule has 2 heteroatoms. The SMILES string of the molecule is CSc1ccc(C2(CO)CC2)cc1. The molecule has 1 N–H and O–H groups in total. The molecule has 0 aliphatic heterocycles. The molecule has 0 saturated heterocycles. The maximum absolute atomic E-state index is 9.23. The van der Waals surface area contributed by atoms with Gasteiger partial charge in [0.2, 0.25) is 0 Å². The first-order valence-electron chi connectivity index (χ1n) is 4.56. The summed E-state index contributed by atoms with van der Waals surface area (Å²) in [7, 11) is 0. The molecule has 0 unspecified atom stereocenters. The number of hydrogen-bond acceptors (Lipinski definition) is 2. The Bertz CT molecular complexity index is 287. The van der Waals surface area contributed by atoms with E-state index in [4.69, 9.17) is 0 Å². The second-order valence-corrected chi connectivity index (χ2v) is 4.55. The van der Waals surface area contributed by atoms with Crippen LogP contribution in [-0.4, -0.2) is 18.0 Å². The Morgan fingerprint density at radius 1 is 1.31 bits per heavy atom. The van der Waals surface area contributed by atoms with Crippen LogP contribution in [0.2, 0.25) is 0 Å². The molecule has 0 amide bonds. The first-order chi connectivity index (χ1) is 6.30. The van der Waals surface area contributed by atoms with E-state index in [0.29, 0.717) is 6.61 Å². The first kappa shape index (κ1) is 9.10. The minimum atomic E-state index is 0.122. The number of thioether (sulfide) groups is 1. The predicted molar refractivity (Wildman–Crippen MR) is 56.2 cm³/mol. The number of hydrogen-bond donors (Lipinski definition) is 1. The number of rotatable bonds is 3. The summed E-state index contributed by atoms with van der Waals surface area (Å²) in [6.45, 7) is 0.297. The van der Waals surface area contributed by atoms with E-state index in [1.807, 2.05) is 0 Å². The van der Waals surface area contributed by atoms with E-state index in [-0.39, 0.29) is 5.41 Å². The summed E-state index contributed by atoms with van der Waals surface area (Å²) in [5, 5.41) is 9.23. The fourth-order valence-corrected chi connectivity index (χ4v) is 2.04. The molecule has 1 saturated carbocycles. The van der Waals surface area contributed by atoms with E-state index < -0.39 is 0 Å². The van der Waals surface area contributed by atoms with Gasteiger partial charge in [-0.15, -0.1) is 11.8 Å². The van der Waals surface area contributed by atoms with Crippen LogP contribution in [0.15, 0.2) is 29.2 Å². The third-order valence-corrected chi connectivity index (χ3v) is 3.60. The third-order valence-electron chi connectivity index (χ3n) is 2.86. The molecule has 0 atom stereocenters. The second-order valence-electron chi connectivity index (χ2n) is 3.67. The third kappa shape index (κ3) is 1.61. The molecule has 0 radical (unpaired) electrons. The van der Waals surface area contributed by atoms with Crippen molar-refractivity contribution < 1.29 is 5.11 Å². The van der Waals surface area contributed by atoms with Crippen LogP contribution in [0.5, 0.6) is 0 Å². The molecule has 1 aromatic carbocycles. The van der Waals surface area contributed by atoms with Crippen LogP contribution in [0.3, 0.4) is 0 Å². The average molecular weight is 194 g/mol. The van der Waals surface area contributed by atoms with Gasteiger partial charge in [-0.05, 0) is 36.8 Å². The summed E-state index contributed by atoms with van der Waals surface area (Å²) in [5.74, 6) is 0. The van der Waals surface area contributed by atoms with Crippen LogP contribution < -0.4 is 0 Å². The fourth-order valence-electron chi connectivity index (χ4n) is 1.63. The zero-order chi connectivity index (χ0) is 9.31. The van der Waals surface area contributed by atoms with Crippen molar-refractivity contribution in [2.45, 2.75) is 23.2 Å². The Morgan fingerprint density at radius 3 is 2.31 bits per heavy atom. The topological polar surface area (TPSA) is 20.2 Å². The Labute approximate surface area is 83.2 Å². The molecule has 1 aromatic rings. The van der Waals surface area contributed by atoms with Crippen molar-refractivity contribution >= 4 is 11.8 Å². The second kappa shape index (κ2) is 3.35. The molecule has 0 bridgehead atoms. The number of benzene rings is 1. The highest BCUT2D eigenvalue weighted by Gasteiger charge is 2.43. The Morgan fingerprint density at radius 2 is 1.92 bits per heavy atom. The molecule has 1 aliphatic rings. The molecule has 0 spiro atoms. The average Bonchev–Trinajstić information content (AvgIpc) is 2.99. The Kier molecular flexibility index (Phi) is 2.35. The molecular weight excluding hydrogens is 180 g/mol. The summed E-state index contributed by atoms with van der Waals surface area (Å²) in [5.41, 5.74) is 1.42. The van der Waals surface area contributed by atoms with Crippen molar-refractivity contribution in [3.63, 3.8) is 0 Å². The van der Waals surface area contributed by atoms with Crippen LogP contribution in [0.1, 0.15) is 18.4 Å². The van der Waals surface area contributed by atoms with Crippen LogP contribution in [0.25, 0.3) is 0 Å². The van der Waals surface area contributed by atoms with Gasteiger partial charge >= 0.3 is 0 Å². The maximum atomic E-state index is 9.23. The van der Waals surface area contributed by atoms with Crippen LogP contribution in [-0.2, 0) is 5.41 Å². The highest BCUT2D eigenvalue weighted by Crippen LogP contribution is 2.47. The van der Waals surface area contributed by atoms with Crippen LogP contribution >= 0.6 is 11.8 Å².